The van der Waals surface area contributed by atoms with Gasteiger partial charge in [0, 0.05) is 29.5 Å². The van der Waals surface area contributed by atoms with E-state index in [9.17, 15) is 9.59 Å². The molecular formula is C22H20N2O2. The van der Waals surface area contributed by atoms with Crippen LogP contribution >= 0.6 is 0 Å². The maximum atomic E-state index is 12.6. The Kier molecular flexibility index (Phi) is 5.13. The number of aryl methyl sites for hydroxylation is 1. The molecule has 3 rings (SSSR count). The van der Waals surface area contributed by atoms with Gasteiger partial charge in [-0.3, -0.25) is 9.59 Å². The molecule has 0 saturated carbocycles. The minimum Gasteiger partial charge on any atom is -0.322 e. The van der Waals surface area contributed by atoms with Crippen molar-refractivity contribution in [3.05, 3.63) is 95.6 Å². The Morgan fingerprint density at radius 1 is 0.808 bits per heavy atom. The number of carbonyl (C=O) groups is 2. The van der Waals surface area contributed by atoms with Gasteiger partial charge in [0.05, 0.1) is 0 Å². The van der Waals surface area contributed by atoms with Crippen LogP contribution in [0.15, 0.2) is 78.9 Å². The summed E-state index contributed by atoms with van der Waals surface area (Å²) in [5.74, 6) is -0.326. The molecule has 0 aliphatic rings. The molecule has 0 unspecified atom stereocenters. The first kappa shape index (κ1) is 17.4. The molecule has 0 aromatic heterocycles. The van der Waals surface area contributed by atoms with E-state index in [4.69, 9.17) is 0 Å². The average molecular weight is 344 g/mol. The second-order valence-corrected chi connectivity index (χ2v) is 6.10. The number of carbonyl (C=O) groups excluding carboxylic acids is 2. The second-order valence-electron chi connectivity index (χ2n) is 6.10. The molecule has 2 amide bonds. The fourth-order valence-electron chi connectivity index (χ4n) is 2.65. The Morgan fingerprint density at radius 2 is 1.46 bits per heavy atom. The molecule has 0 heterocycles. The van der Waals surface area contributed by atoms with E-state index >= 15 is 0 Å². The Morgan fingerprint density at radius 3 is 2.12 bits per heavy atom. The molecule has 3 aromatic rings. The van der Waals surface area contributed by atoms with Crippen LogP contribution in [0.3, 0.4) is 0 Å². The summed E-state index contributed by atoms with van der Waals surface area (Å²) in [5, 5.41) is 2.86. The molecule has 0 aliphatic carbocycles. The number of para-hydroxylation sites is 1. The third-order valence-electron chi connectivity index (χ3n) is 4.12. The number of hydrogen-bond donors (Lipinski definition) is 1. The summed E-state index contributed by atoms with van der Waals surface area (Å²) in [6, 6.07) is 23.7. The van der Waals surface area contributed by atoms with Crippen molar-refractivity contribution in [2.75, 3.05) is 17.3 Å². The zero-order chi connectivity index (χ0) is 18.5. The van der Waals surface area contributed by atoms with Crippen molar-refractivity contribution in [3.8, 4) is 0 Å². The van der Waals surface area contributed by atoms with Crippen molar-refractivity contribution in [3.63, 3.8) is 0 Å². The highest BCUT2D eigenvalue weighted by atomic mass is 16.2. The van der Waals surface area contributed by atoms with Crippen molar-refractivity contribution in [1.82, 2.24) is 0 Å². The molecule has 0 spiro atoms. The van der Waals surface area contributed by atoms with Crippen molar-refractivity contribution in [2.45, 2.75) is 6.92 Å². The Balaban J connectivity index is 1.71. The molecule has 0 aliphatic heterocycles. The Bertz CT molecular complexity index is 918. The standard InChI is InChI=1S/C22H20N2O2/c1-16-7-6-8-19(15-16)23-21(25)17-11-13-18(14-12-17)22(26)24(2)20-9-4-3-5-10-20/h3-15H,1-2H3,(H,23,25). The van der Waals surface area contributed by atoms with Crippen LogP contribution in [0.2, 0.25) is 0 Å². The lowest BCUT2D eigenvalue weighted by molar-refractivity contribution is 0.0989. The van der Waals surface area contributed by atoms with Gasteiger partial charge in [0.1, 0.15) is 0 Å². The highest BCUT2D eigenvalue weighted by Gasteiger charge is 2.14. The van der Waals surface area contributed by atoms with Gasteiger partial charge < -0.3 is 10.2 Å². The maximum absolute atomic E-state index is 12.6. The number of rotatable bonds is 4. The minimum atomic E-state index is -0.203. The summed E-state index contributed by atoms with van der Waals surface area (Å²) in [4.78, 5) is 26.5. The second kappa shape index (κ2) is 7.66. The predicted octanol–water partition coefficient (Wildman–Crippen LogP) is 4.52. The van der Waals surface area contributed by atoms with Crippen LogP contribution in [0.5, 0.6) is 0 Å². The third kappa shape index (κ3) is 3.98. The van der Waals surface area contributed by atoms with Crippen LogP contribution in [0.1, 0.15) is 26.3 Å². The van der Waals surface area contributed by atoms with E-state index in [0.717, 1.165) is 16.9 Å². The quantitative estimate of drug-likeness (QED) is 0.756. The van der Waals surface area contributed by atoms with Gasteiger partial charge in [0.15, 0.2) is 0 Å². The van der Waals surface area contributed by atoms with E-state index in [1.54, 1.807) is 36.2 Å². The average Bonchev–Trinajstić information content (AvgIpc) is 2.67. The van der Waals surface area contributed by atoms with Gasteiger partial charge >= 0.3 is 0 Å². The van der Waals surface area contributed by atoms with Crippen molar-refractivity contribution in [1.29, 1.82) is 0 Å². The van der Waals surface area contributed by atoms with Crippen LogP contribution in [-0.2, 0) is 0 Å². The fraction of sp³-hybridized carbons (Fsp3) is 0.0909. The van der Waals surface area contributed by atoms with E-state index < -0.39 is 0 Å². The molecule has 1 N–H and O–H groups in total. The molecule has 0 radical (unpaired) electrons. The number of nitrogens with one attached hydrogen (secondary N) is 1. The fourth-order valence-corrected chi connectivity index (χ4v) is 2.65. The molecule has 0 bridgehead atoms. The molecular weight excluding hydrogens is 324 g/mol. The van der Waals surface area contributed by atoms with Crippen LogP contribution < -0.4 is 10.2 Å². The lowest BCUT2D eigenvalue weighted by Crippen LogP contribution is -2.26. The largest absolute Gasteiger partial charge is 0.322 e. The molecule has 130 valence electrons. The molecule has 4 heteroatoms. The van der Waals surface area contributed by atoms with Gasteiger partial charge in [-0.15, -0.1) is 0 Å². The summed E-state index contributed by atoms with van der Waals surface area (Å²) < 4.78 is 0. The summed E-state index contributed by atoms with van der Waals surface area (Å²) in [6.45, 7) is 1.97. The number of benzene rings is 3. The zero-order valence-electron chi connectivity index (χ0n) is 14.8. The topological polar surface area (TPSA) is 49.4 Å². The number of nitrogens with zero attached hydrogens (tertiary/aromatic N) is 1. The first-order chi connectivity index (χ1) is 12.5. The summed E-state index contributed by atoms with van der Waals surface area (Å²) in [7, 11) is 1.73. The minimum absolute atomic E-state index is 0.123. The van der Waals surface area contributed by atoms with Gasteiger partial charge in [-0.2, -0.15) is 0 Å². The summed E-state index contributed by atoms with van der Waals surface area (Å²) in [5.41, 5.74) is 3.68. The predicted molar refractivity (Wildman–Crippen MR) is 105 cm³/mol. The molecule has 4 nitrogen and oxygen atoms in total. The number of amides is 2. The zero-order valence-corrected chi connectivity index (χ0v) is 14.8. The van der Waals surface area contributed by atoms with Gasteiger partial charge in [0.2, 0.25) is 0 Å². The van der Waals surface area contributed by atoms with Crippen LogP contribution in [-0.4, -0.2) is 18.9 Å². The van der Waals surface area contributed by atoms with Crippen LogP contribution in [0, 0.1) is 6.92 Å². The highest BCUT2D eigenvalue weighted by molar-refractivity contribution is 6.08. The SMILES string of the molecule is Cc1cccc(NC(=O)c2ccc(C(=O)N(C)c3ccccc3)cc2)c1. The molecule has 26 heavy (non-hydrogen) atoms. The van der Waals surface area contributed by atoms with Crippen molar-refractivity contribution >= 4 is 23.2 Å². The van der Waals surface area contributed by atoms with Gasteiger partial charge in [-0.1, -0.05) is 30.3 Å². The maximum Gasteiger partial charge on any atom is 0.258 e. The Labute approximate surface area is 153 Å². The summed E-state index contributed by atoms with van der Waals surface area (Å²) >= 11 is 0. The number of hydrogen-bond acceptors (Lipinski definition) is 2. The normalized spacial score (nSPS) is 10.2. The van der Waals surface area contributed by atoms with E-state index in [1.165, 1.54) is 0 Å². The smallest absolute Gasteiger partial charge is 0.258 e. The van der Waals surface area contributed by atoms with E-state index in [0.29, 0.717) is 11.1 Å². The lowest BCUT2D eigenvalue weighted by atomic mass is 10.1. The van der Waals surface area contributed by atoms with E-state index in [1.807, 2.05) is 61.5 Å². The van der Waals surface area contributed by atoms with Gasteiger partial charge in [0.25, 0.3) is 11.8 Å². The monoisotopic (exact) mass is 344 g/mol. The Hall–Kier alpha value is -3.40. The van der Waals surface area contributed by atoms with Gasteiger partial charge in [-0.05, 0) is 61.0 Å². The van der Waals surface area contributed by atoms with Crippen molar-refractivity contribution in [2.24, 2.45) is 0 Å². The van der Waals surface area contributed by atoms with Crippen LogP contribution in [0.4, 0.5) is 11.4 Å². The molecule has 3 aromatic carbocycles. The highest BCUT2D eigenvalue weighted by Crippen LogP contribution is 2.16. The van der Waals surface area contributed by atoms with Crippen LogP contribution in [0.25, 0.3) is 0 Å². The summed E-state index contributed by atoms with van der Waals surface area (Å²) in [6.07, 6.45) is 0. The van der Waals surface area contributed by atoms with Gasteiger partial charge in [-0.25, -0.2) is 0 Å². The van der Waals surface area contributed by atoms with E-state index in [2.05, 4.69) is 5.32 Å². The first-order valence-corrected chi connectivity index (χ1v) is 8.36. The van der Waals surface area contributed by atoms with Crippen molar-refractivity contribution < 1.29 is 9.59 Å². The molecule has 0 atom stereocenters. The number of anilines is 2. The third-order valence-corrected chi connectivity index (χ3v) is 4.12. The molecule has 0 saturated heterocycles. The molecule has 0 fully saturated rings. The lowest BCUT2D eigenvalue weighted by Gasteiger charge is -2.17. The van der Waals surface area contributed by atoms with E-state index in [-0.39, 0.29) is 11.8 Å². The first-order valence-electron chi connectivity index (χ1n) is 8.36.